The van der Waals surface area contributed by atoms with Crippen LogP contribution in [0, 0.1) is 0 Å². The second-order valence-corrected chi connectivity index (χ2v) is 8.34. The summed E-state index contributed by atoms with van der Waals surface area (Å²) in [5.41, 5.74) is 0.174. The van der Waals surface area contributed by atoms with Crippen molar-refractivity contribution in [2.45, 2.75) is 82.6 Å². The van der Waals surface area contributed by atoms with Gasteiger partial charge in [-0.1, -0.05) is 52.2 Å². The highest BCUT2D eigenvalue weighted by molar-refractivity contribution is 7.89. The molecule has 1 rings (SSSR count). The molecule has 0 spiro atoms. The lowest BCUT2D eigenvalue weighted by atomic mass is 9.88. The summed E-state index contributed by atoms with van der Waals surface area (Å²) in [7, 11) is -3.75. The number of nitrogens with one attached hydrogen (secondary N) is 1. The smallest absolute Gasteiger partial charge is 0.305 e. The number of aryl methyl sites for hydroxylation is 1. The highest BCUT2D eigenvalue weighted by atomic mass is 32.2. The molecule has 0 saturated heterocycles. The number of hydrogen-bond donors (Lipinski definition) is 2. The average molecular weight is 370 g/mol. The minimum Gasteiger partial charge on any atom is -0.481 e. The molecule has 0 aliphatic heterocycles. The lowest BCUT2D eigenvalue weighted by Gasteiger charge is -2.32. The number of sulfonamides is 1. The lowest BCUT2D eigenvalue weighted by Crippen LogP contribution is -2.49. The average Bonchev–Trinajstić information content (AvgIpc) is 2.55. The van der Waals surface area contributed by atoms with Crippen molar-refractivity contribution in [3.63, 3.8) is 0 Å². The van der Waals surface area contributed by atoms with Crippen LogP contribution in [0.4, 0.5) is 0 Å². The third kappa shape index (κ3) is 6.78. The second-order valence-electron chi connectivity index (χ2n) is 6.66. The molecule has 0 bridgehead atoms. The summed E-state index contributed by atoms with van der Waals surface area (Å²) < 4.78 is 28.1. The Bertz CT molecular complexity index is 640. The molecule has 0 heterocycles. The molecular weight excluding hydrogens is 338 g/mol. The highest BCUT2D eigenvalue weighted by Crippen LogP contribution is 2.25. The number of aliphatic carboxylic acids is 1. The molecule has 0 aliphatic rings. The summed E-state index contributed by atoms with van der Waals surface area (Å²) in [6.45, 7) is 5.89. The Hall–Kier alpha value is -1.40. The summed E-state index contributed by atoms with van der Waals surface area (Å²) in [6.07, 6.45) is 5.75. The number of hydrogen-bond acceptors (Lipinski definition) is 3. The number of unbranched alkanes of at least 4 members (excludes halogenated alkanes) is 2. The minimum absolute atomic E-state index is 0.186. The van der Waals surface area contributed by atoms with Gasteiger partial charge in [0.2, 0.25) is 10.0 Å². The molecule has 0 amide bonds. The lowest BCUT2D eigenvalue weighted by molar-refractivity contribution is -0.138. The Morgan fingerprint density at radius 2 is 1.72 bits per heavy atom. The van der Waals surface area contributed by atoms with E-state index in [1.54, 1.807) is 12.1 Å². The number of rotatable bonds is 12. The number of benzene rings is 1. The maximum Gasteiger partial charge on any atom is 0.305 e. The van der Waals surface area contributed by atoms with E-state index in [1.165, 1.54) is 0 Å². The topological polar surface area (TPSA) is 83.5 Å². The third-order valence-electron chi connectivity index (χ3n) is 4.55. The fraction of sp³-hybridized carbons (Fsp3) is 0.632. The molecule has 0 fully saturated rings. The summed E-state index contributed by atoms with van der Waals surface area (Å²) in [6, 6.07) is 6.90. The van der Waals surface area contributed by atoms with Crippen molar-refractivity contribution < 1.29 is 18.3 Å². The second kappa shape index (κ2) is 9.92. The molecule has 5 nitrogen and oxygen atoms in total. The SMILES string of the molecule is CCCCCc1ccc(S(=O)(=O)NC(CC)(CCC)CC(=O)O)cc1. The summed E-state index contributed by atoms with van der Waals surface area (Å²) in [5.74, 6) is -0.996. The zero-order valence-corrected chi connectivity index (χ0v) is 16.4. The summed E-state index contributed by atoms with van der Waals surface area (Å²) in [5, 5.41) is 9.18. The van der Waals surface area contributed by atoms with E-state index in [0.717, 1.165) is 31.2 Å². The normalized spacial score (nSPS) is 14.2. The predicted octanol–water partition coefficient (Wildman–Crippen LogP) is 4.12. The summed E-state index contributed by atoms with van der Waals surface area (Å²) in [4.78, 5) is 11.4. The number of carbonyl (C=O) groups is 1. The Kier molecular flexibility index (Phi) is 8.59. The van der Waals surface area contributed by atoms with Crippen LogP contribution >= 0.6 is 0 Å². The number of carboxylic acids is 1. The first-order valence-corrected chi connectivity index (χ1v) is 10.6. The van der Waals surface area contributed by atoms with Crippen molar-refractivity contribution in [1.82, 2.24) is 4.72 Å². The summed E-state index contributed by atoms with van der Waals surface area (Å²) >= 11 is 0. The quantitative estimate of drug-likeness (QED) is 0.543. The molecular formula is C19H31NO4S. The molecule has 1 unspecified atom stereocenters. The van der Waals surface area contributed by atoms with Gasteiger partial charge >= 0.3 is 5.97 Å². The molecule has 1 aromatic rings. The Morgan fingerprint density at radius 3 is 2.20 bits per heavy atom. The number of carboxylic acid groups (broad SMARTS) is 1. The molecule has 2 N–H and O–H groups in total. The van der Waals surface area contributed by atoms with Gasteiger partial charge in [0.1, 0.15) is 0 Å². The monoisotopic (exact) mass is 369 g/mol. The Balaban J connectivity index is 2.95. The van der Waals surface area contributed by atoms with Crippen LogP contribution < -0.4 is 4.72 Å². The van der Waals surface area contributed by atoms with Crippen LogP contribution in [0.5, 0.6) is 0 Å². The maximum absolute atomic E-state index is 12.7. The first-order chi connectivity index (χ1) is 11.8. The first-order valence-electron chi connectivity index (χ1n) is 9.13. The van der Waals surface area contributed by atoms with Gasteiger partial charge in [-0.3, -0.25) is 4.79 Å². The molecule has 142 valence electrons. The van der Waals surface area contributed by atoms with Gasteiger partial charge in [-0.2, -0.15) is 0 Å². The minimum atomic E-state index is -3.75. The van der Waals surface area contributed by atoms with Crippen molar-refractivity contribution in [2.24, 2.45) is 0 Å². The van der Waals surface area contributed by atoms with Crippen molar-refractivity contribution in [3.8, 4) is 0 Å². The van der Waals surface area contributed by atoms with Gasteiger partial charge in [0.05, 0.1) is 11.3 Å². The molecule has 0 radical (unpaired) electrons. The van der Waals surface area contributed by atoms with Crippen molar-refractivity contribution in [2.75, 3.05) is 0 Å². The van der Waals surface area contributed by atoms with Gasteiger partial charge in [-0.15, -0.1) is 0 Å². The Labute approximate surface area is 151 Å². The van der Waals surface area contributed by atoms with Crippen LogP contribution in [0.1, 0.15) is 71.3 Å². The molecule has 0 aliphatic carbocycles. The van der Waals surface area contributed by atoms with Gasteiger partial charge in [0.15, 0.2) is 0 Å². The van der Waals surface area contributed by atoms with Gasteiger partial charge < -0.3 is 5.11 Å². The fourth-order valence-electron chi connectivity index (χ4n) is 3.08. The van der Waals surface area contributed by atoms with E-state index < -0.39 is 21.5 Å². The van der Waals surface area contributed by atoms with E-state index in [2.05, 4.69) is 11.6 Å². The van der Waals surface area contributed by atoms with Crippen LogP contribution in [0.15, 0.2) is 29.2 Å². The molecule has 6 heteroatoms. The third-order valence-corrected chi connectivity index (χ3v) is 6.14. The largest absolute Gasteiger partial charge is 0.481 e. The van der Waals surface area contributed by atoms with E-state index in [0.29, 0.717) is 19.3 Å². The molecule has 1 aromatic carbocycles. The standard InChI is InChI=1S/C19H31NO4S/c1-4-7-8-9-16-10-12-17(13-11-16)25(23,24)20-19(6-3,14-5-2)15-18(21)22/h10-13,20H,4-9,14-15H2,1-3H3,(H,21,22). The van der Waals surface area contributed by atoms with Crippen LogP contribution in [0.3, 0.4) is 0 Å². The fourth-order valence-corrected chi connectivity index (χ4v) is 4.58. The molecule has 1 atom stereocenters. The van der Waals surface area contributed by atoms with Crippen LogP contribution in [-0.2, 0) is 21.2 Å². The van der Waals surface area contributed by atoms with Gasteiger partial charge in [0.25, 0.3) is 0 Å². The zero-order chi connectivity index (χ0) is 18.9. The van der Waals surface area contributed by atoms with E-state index in [9.17, 15) is 18.3 Å². The van der Waals surface area contributed by atoms with Gasteiger partial charge in [-0.25, -0.2) is 13.1 Å². The van der Waals surface area contributed by atoms with E-state index in [1.807, 2.05) is 26.0 Å². The van der Waals surface area contributed by atoms with Gasteiger partial charge in [0, 0.05) is 5.54 Å². The first kappa shape index (κ1) is 21.6. The van der Waals surface area contributed by atoms with E-state index in [-0.39, 0.29) is 11.3 Å². The van der Waals surface area contributed by atoms with Crippen LogP contribution in [0.25, 0.3) is 0 Å². The highest BCUT2D eigenvalue weighted by Gasteiger charge is 2.35. The molecule has 0 aromatic heterocycles. The van der Waals surface area contributed by atoms with Crippen molar-refractivity contribution in [1.29, 1.82) is 0 Å². The van der Waals surface area contributed by atoms with Crippen LogP contribution in [-0.4, -0.2) is 25.0 Å². The molecule has 0 saturated carbocycles. The van der Waals surface area contributed by atoms with Gasteiger partial charge in [-0.05, 0) is 43.4 Å². The van der Waals surface area contributed by atoms with Crippen molar-refractivity contribution >= 4 is 16.0 Å². The predicted molar refractivity (Wildman–Crippen MR) is 100 cm³/mol. The van der Waals surface area contributed by atoms with E-state index >= 15 is 0 Å². The van der Waals surface area contributed by atoms with Crippen molar-refractivity contribution in [3.05, 3.63) is 29.8 Å². The maximum atomic E-state index is 12.7. The van der Waals surface area contributed by atoms with Crippen LogP contribution in [0.2, 0.25) is 0 Å². The Morgan fingerprint density at radius 1 is 1.08 bits per heavy atom. The van der Waals surface area contributed by atoms with E-state index in [4.69, 9.17) is 0 Å². The zero-order valence-electron chi connectivity index (χ0n) is 15.5. The molecule has 25 heavy (non-hydrogen) atoms.